The lowest BCUT2D eigenvalue weighted by Gasteiger charge is -2.28. The summed E-state index contributed by atoms with van der Waals surface area (Å²) in [6, 6.07) is 3.75. The minimum absolute atomic E-state index is 0.0215. The zero-order chi connectivity index (χ0) is 15.7. The molecule has 0 unspecified atom stereocenters. The first-order valence-electron chi connectivity index (χ1n) is 7.60. The summed E-state index contributed by atoms with van der Waals surface area (Å²) in [5, 5.41) is 7.83. The number of H-pyrrole nitrogens is 1. The van der Waals surface area contributed by atoms with Gasteiger partial charge in [-0.25, -0.2) is 0 Å². The second-order valence-corrected chi connectivity index (χ2v) is 5.91. The highest BCUT2D eigenvalue weighted by molar-refractivity contribution is 6.01. The first-order chi connectivity index (χ1) is 10.6. The summed E-state index contributed by atoms with van der Waals surface area (Å²) in [4.78, 5) is 26.0. The molecule has 1 aromatic carbocycles. The highest BCUT2D eigenvalue weighted by Crippen LogP contribution is 2.27. The lowest BCUT2D eigenvalue weighted by molar-refractivity contribution is -0.119. The van der Waals surface area contributed by atoms with E-state index in [4.69, 9.17) is 5.73 Å². The van der Waals surface area contributed by atoms with Crippen LogP contribution in [0.25, 0.3) is 10.9 Å². The third-order valence-corrected chi connectivity index (χ3v) is 4.48. The van der Waals surface area contributed by atoms with Crippen LogP contribution in [0.5, 0.6) is 0 Å². The van der Waals surface area contributed by atoms with Crippen LogP contribution >= 0.6 is 0 Å². The number of aryl methyl sites for hydroxylation is 1. The van der Waals surface area contributed by atoms with Crippen LogP contribution in [-0.4, -0.2) is 39.5 Å². The second kappa shape index (κ2) is 5.79. The molecule has 3 N–H and O–H groups in total. The minimum Gasteiger partial charge on any atom is -0.368 e. The van der Waals surface area contributed by atoms with Crippen molar-refractivity contribution in [2.75, 3.05) is 6.54 Å². The van der Waals surface area contributed by atoms with Gasteiger partial charge in [-0.3, -0.25) is 14.7 Å². The zero-order valence-electron chi connectivity index (χ0n) is 12.6. The van der Waals surface area contributed by atoms with Gasteiger partial charge in [-0.2, -0.15) is 5.10 Å². The Bertz CT molecular complexity index is 716. The van der Waals surface area contributed by atoms with E-state index in [1.54, 1.807) is 17.2 Å². The molecule has 1 aromatic heterocycles. The number of nitrogens with one attached hydrogen (secondary N) is 1. The van der Waals surface area contributed by atoms with Crippen molar-refractivity contribution in [1.82, 2.24) is 15.1 Å². The van der Waals surface area contributed by atoms with Gasteiger partial charge in [0.05, 0.1) is 18.3 Å². The number of fused-ring (bicyclic) bond motifs is 1. The Hall–Kier alpha value is -2.37. The average molecular weight is 300 g/mol. The molecule has 2 aromatic rings. The maximum absolute atomic E-state index is 12.9. The Morgan fingerprint density at radius 1 is 1.36 bits per heavy atom. The first-order valence-corrected chi connectivity index (χ1v) is 7.60. The third-order valence-electron chi connectivity index (χ3n) is 4.48. The molecule has 1 fully saturated rings. The van der Waals surface area contributed by atoms with Gasteiger partial charge in [-0.15, -0.1) is 0 Å². The van der Waals surface area contributed by atoms with Crippen LogP contribution in [0, 0.1) is 6.92 Å². The lowest BCUT2D eigenvalue weighted by Crippen LogP contribution is -2.44. The fourth-order valence-electron chi connectivity index (χ4n) is 3.30. The Labute approximate surface area is 128 Å². The van der Waals surface area contributed by atoms with Gasteiger partial charge in [0.25, 0.3) is 5.91 Å². The quantitative estimate of drug-likeness (QED) is 0.900. The Balaban J connectivity index is 1.96. The van der Waals surface area contributed by atoms with E-state index in [2.05, 4.69) is 10.2 Å². The first kappa shape index (κ1) is 14.6. The van der Waals surface area contributed by atoms with E-state index in [-0.39, 0.29) is 18.5 Å². The summed E-state index contributed by atoms with van der Waals surface area (Å²) in [6.45, 7) is 1.88. The number of carbonyl (C=O) groups is 2. The number of amides is 2. The molecule has 1 aliphatic rings. The normalized spacial score (nSPS) is 15.3. The number of nitrogens with zero attached hydrogens (tertiary/aromatic N) is 2. The molecular formula is C16H20N4O2. The number of hydrogen-bond acceptors (Lipinski definition) is 3. The van der Waals surface area contributed by atoms with Crippen LogP contribution in [0.15, 0.2) is 18.3 Å². The van der Waals surface area contributed by atoms with Gasteiger partial charge in [-0.1, -0.05) is 12.8 Å². The predicted molar refractivity (Wildman–Crippen MR) is 83.3 cm³/mol. The van der Waals surface area contributed by atoms with E-state index in [0.29, 0.717) is 5.56 Å². The number of rotatable bonds is 4. The zero-order valence-corrected chi connectivity index (χ0v) is 12.6. The number of carbonyl (C=O) groups excluding carboxylic acids is 2. The molecule has 3 rings (SSSR count). The summed E-state index contributed by atoms with van der Waals surface area (Å²) >= 11 is 0. The van der Waals surface area contributed by atoms with Gasteiger partial charge in [0, 0.05) is 17.0 Å². The summed E-state index contributed by atoms with van der Waals surface area (Å²) in [7, 11) is 0. The molecule has 116 valence electrons. The van der Waals surface area contributed by atoms with Crippen molar-refractivity contribution in [3.63, 3.8) is 0 Å². The maximum atomic E-state index is 12.9. The molecule has 6 heteroatoms. The predicted octanol–water partition coefficient (Wildman–Crippen LogP) is 1.74. The summed E-state index contributed by atoms with van der Waals surface area (Å²) in [5.41, 5.74) is 7.73. The Morgan fingerprint density at radius 3 is 2.77 bits per heavy atom. The van der Waals surface area contributed by atoms with Crippen molar-refractivity contribution in [2.45, 2.75) is 38.6 Å². The van der Waals surface area contributed by atoms with Crippen molar-refractivity contribution in [2.24, 2.45) is 5.73 Å². The van der Waals surface area contributed by atoms with Crippen molar-refractivity contribution in [3.05, 3.63) is 29.5 Å². The van der Waals surface area contributed by atoms with Crippen LogP contribution in [0.1, 0.15) is 41.6 Å². The van der Waals surface area contributed by atoms with E-state index >= 15 is 0 Å². The average Bonchev–Trinajstić information content (AvgIpc) is 3.15. The largest absolute Gasteiger partial charge is 0.368 e. The van der Waals surface area contributed by atoms with Gasteiger partial charge >= 0.3 is 0 Å². The monoisotopic (exact) mass is 300 g/mol. The molecular weight excluding hydrogens is 280 g/mol. The summed E-state index contributed by atoms with van der Waals surface area (Å²) in [6.07, 6.45) is 5.77. The molecule has 0 saturated heterocycles. The molecule has 1 heterocycles. The third kappa shape index (κ3) is 2.56. The van der Waals surface area contributed by atoms with E-state index in [1.807, 2.05) is 13.0 Å². The highest BCUT2D eigenvalue weighted by atomic mass is 16.2. The molecule has 0 radical (unpaired) electrons. The topological polar surface area (TPSA) is 92.1 Å². The molecule has 0 atom stereocenters. The molecule has 0 spiro atoms. The van der Waals surface area contributed by atoms with Gasteiger partial charge < -0.3 is 10.6 Å². The highest BCUT2D eigenvalue weighted by Gasteiger charge is 2.29. The van der Waals surface area contributed by atoms with E-state index in [9.17, 15) is 9.59 Å². The number of hydrogen-bond donors (Lipinski definition) is 2. The maximum Gasteiger partial charge on any atom is 0.254 e. The van der Waals surface area contributed by atoms with E-state index in [0.717, 1.165) is 42.1 Å². The van der Waals surface area contributed by atoms with E-state index in [1.165, 1.54) is 0 Å². The number of aromatic nitrogens is 2. The Kier molecular flexibility index (Phi) is 3.83. The molecule has 1 aliphatic carbocycles. The van der Waals surface area contributed by atoms with Gasteiger partial charge in [0.15, 0.2) is 0 Å². The Morgan fingerprint density at radius 2 is 2.09 bits per heavy atom. The molecule has 0 bridgehead atoms. The molecule has 1 saturated carbocycles. The minimum atomic E-state index is -0.470. The van der Waals surface area contributed by atoms with E-state index < -0.39 is 5.91 Å². The number of nitrogens with two attached hydrogens (primary N) is 1. The van der Waals surface area contributed by atoms with Crippen LogP contribution in [0.3, 0.4) is 0 Å². The lowest BCUT2D eigenvalue weighted by atomic mass is 10.0. The van der Waals surface area contributed by atoms with Crippen molar-refractivity contribution in [3.8, 4) is 0 Å². The standard InChI is InChI=1S/C16H20N4O2/c1-10-12(6-7-14-13(10)8-18-19-14)16(22)20(9-15(17)21)11-4-2-3-5-11/h6-8,11H,2-5,9H2,1H3,(H2,17,21)(H,18,19). The van der Waals surface area contributed by atoms with Crippen molar-refractivity contribution >= 4 is 22.7 Å². The second-order valence-electron chi connectivity index (χ2n) is 5.91. The van der Waals surface area contributed by atoms with Crippen LogP contribution in [-0.2, 0) is 4.79 Å². The number of primary amides is 1. The van der Waals surface area contributed by atoms with Crippen LogP contribution < -0.4 is 5.73 Å². The molecule has 0 aliphatic heterocycles. The van der Waals surface area contributed by atoms with Crippen molar-refractivity contribution in [1.29, 1.82) is 0 Å². The smallest absolute Gasteiger partial charge is 0.254 e. The molecule has 6 nitrogen and oxygen atoms in total. The van der Waals surface area contributed by atoms with Gasteiger partial charge in [-0.05, 0) is 37.5 Å². The fourth-order valence-corrected chi connectivity index (χ4v) is 3.30. The summed E-state index contributed by atoms with van der Waals surface area (Å²) < 4.78 is 0. The number of benzene rings is 1. The SMILES string of the molecule is Cc1c(C(=O)N(CC(N)=O)C2CCCC2)ccc2[nH]ncc12. The molecule has 22 heavy (non-hydrogen) atoms. The molecule has 2 amide bonds. The van der Waals surface area contributed by atoms with Gasteiger partial charge in [0.1, 0.15) is 0 Å². The number of aromatic amines is 1. The fraction of sp³-hybridized carbons (Fsp3) is 0.438. The van der Waals surface area contributed by atoms with Gasteiger partial charge in [0.2, 0.25) is 5.91 Å². The van der Waals surface area contributed by atoms with Crippen LogP contribution in [0.4, 0.5) is 0 Å². The summed E-state index contributed by atoms with van der Waals surface area (Å²) in [5.74, 6) is -0.589. The van der Waals surface area contributed by atoms with Crippen molar-refractivity contribution < 1.29 is 9.59 Å². The van der Waals surface area contributed by atoms with Crippen LogP contribution in [0.2, 0.25) is 0 Å².